The van der Waals surface area contributed by atoms with E-state index in [0.717, 1.165) is 49.2 Å². The van der Waals surface area contributed by atoms with E-state index >= 15 is 0 Å². The van der Waals surface area contributed by atoms with E-state index in [-0.39, 0.29) is 12.7 Å². The van der Waals surface area contributed by atoms with Crippen molar-refractivity contribution in [2.24, 2.45) is 5.92 Å². The molecule has 1 saturated heterocycles. The second-order valence-electron chi connectivity index (χ2n) is 7.71. The molecule has 7 heteroatoms. The van der Waals surface area contributed by atoms with Crippen LogP contribution in [-0.4, -0.2) is 53.7 Å². The third kappa shape index (κ3) is 5.57. The number of nitrogens with one attached hydrogen (secondary N) is 1. The molecule has 0 atom stereocenters. The van der Waals surface area contributed by atoms with Crippen molar-refractivity contribution in [3.8, 4) is 5.88 Å². The minimum atomic E-state index is -0.290. The van der Waals surface area contributed by atoms with E-state index < -0.39 is 0 Å². The van der Waals surface area contributed by atoms with E-state index in [1.54, 1.807) is 17.3 Å². The largest absolute Gasteiger partial charge is 0.476 e. The number of aromatic nitrogens is 2. The zero-order valence-electron chi connectivity index (χ0n) is 17.1. The number of carbonyl (C=O) groups excluding carboxylic acids is 1. The molecule has 3 heterocycles. The zero-order valence-corrected chi connectivity index (χ0v) is 17.1. The van der Waals surface area contributed by atoms with Gasteiger partial charge in [0, 0.05) is 13.1 Å². The van der Waals surface area contributed by atoms with Crippen LogP contribution in [0.1, 0.15) is 30.5 Å². The van der Waals surface area contributed by atoms with E-state index in [9.17, 15) is 4.79 Å². The fourth-order valence-corrected chi connectivity index (χ4v) is 3.69. The number of hydrogen-bond donors (Lipinski definition) is 1. The van der Waals surface area contributed by atoms with Crippen LogP contribution in [0.3, 0.4) is 0 Å². The lowest BCUT2D eigenvalue weighted by atomic mass is 9.99. The standard InChI is InChI=1S/C23H28N4O3/c28-23(30-17-18-4-2-1-3-5-18)27-12-8-20(9-13-27)21-14-26-22(15-25-21)29-16-19-6-10-24-11-7-19/h1-5,8,14-15,19,24H,6-7,9-13,16-17H2. The zero-order chi connectivity index (χ0) is 20.6. The number of rotatable bonds is 6. The molecule has 2 aliphatic heterocycles. The number of nitrogens with zero attached hydrogens (tertiary/aromatic N) is 3. The van der Waals surface area contributed by atoms with Crippen LogP contribution >= 0.6 is 0 Å². The maximum absolute atomic E-state index is 12.3. The Bertz CT molecular complexity index is 849. The first-order chi connectivity index (χ1) is 14.8. The van der Waals surface area contributed by atoms with Crippen molar-refractivity contribution in [3.05, 3.63) is 60.1 Å². The second-order valence-corrected chi connectivity index (χ2v) is 7.71. The van der Waals surface area contributed by atoms with Gasteiger partial charge in [-0.25, -0.2) is 14.8 Å². The molecule has 2 aliphatic rings. The van der Waals surface area contributed by atoms with Gasteiger partial charge in [-0.05, 0) is 49.4 Å². The Labute approximate surface area is 177 Å². The molecule has 0 bridgehead atoms. The highest BCUT2D eigenvalue weighted by Gasteiger charge is 2.20. The van der Waals surface area contributed by atoms with Crippen molar-refractivity contribution in [2.75, 3.05) is 32.8 Å². The number of amides is 1. The summed E-state index contributed by atoms with van der Waals surface area (Å²) >= 11 is 0. The Morgan fingerprint density at radius 3 is 2.67 bits per heavy atom. The molecule has 1 fully saturated rings. The maximum atomic E-state index is 12.3. The lowest BCUT2D eigenvalue weighted by molar-refractivity contribution is 0.0998. The fourth-order valence-electron chi connectivity index (χ4n) is 3.69. The van der Waals surface area contributed by atoms with Crippen molar-refractivity contribution in [2.45, 2.75) is 25.9 Å². The van der Waals surface area contributed by atoms with Crippen LogP contribution in [0.15, 0.2) is 48.8 Å². The molecule has 30 heavy (non-hydrogen) atoms. The van der Waals surface area contributed by atoms with Gasteiger partial charge in [0.05, 0.1) is 24.7 Å². The summed E-state index contributed by atoms with van der Waals surface area (Å²) in [5.41, 5.74) is 2.91. The molecule has 4 rings (SSSR count). The van der Waals surface area contributed by atoms with Crippen molar-refractivity contribution < 1.29 is 14.3 Å². The number of benzene rings is 1. The van der Waals surface area contributed by atoms with E-state index in [1.165, 1.54) is 0 Å². The smallest absolute Gasteiger partial charge is 0.410 e. The minimum absolute atomic E-state index is 0.289. The quantitative estimate of drug-likeness (QED) is 0.791. The van der Waals surface area contributed by atoms with Gasteiger partial charge < -0.3 is 19.7 Å². The molecule has 1 N–H and O–H groups in total. The molecule has 0 aliphatic carbocycles. The minimum Gasteiger partial charge on any atom is -0.476 e. The van der Waals surface area contributed by atoms with Gasteiger partial charge in [-0.15, -0.1) is 0 Å². The van der Waals surface area contributed by atoms with Crippen LogP contribution < -0.4 is 10.1 Å². The molecule has 0 unspecified atom stereocenters. The van der Waals surface area contributed by atoms with Gasteiger partial charge in [0.15, 0.2) is 0 Å². The molecule has 7 nitrogen and oxygen atoms in total. The van der Waals surface area contributed by atoms with E-state index in [2.05, 4.69) is 15.3 Å². The first kappa shape index (κ1) is 20.3. The third-order valence-electron chi connectivity index (χ3n) is 5.56. The summed E-state index contributed by atoms with van der Waals surface area (Å²) in [5, 5.41) is 3.36. The summed E-state index contributed by atoms with van der Waals surface area (Å²) in [5.74, 6) is 1.15. The lowest BCUT2D eigenvalue weighted by Crippen LogP contribution is -2.35. The number of piperidine rings is 1. The molecule has 0 radical (unpaired) electrons. The molecule has 0 saturated carbocycles. The molecule has 1 aromatic heterocycles. The van der Waals surface area contributed by atoms with Crippen LogP contribution in [-0.2, 0) is 11.3 Å². The average Bonchev–Trinajstić information content (AvgIpc) is 2.83. The summed E-state index contributed by atoms with van der Waals surface area (Å²) in [4.78, 5) is 22.9. The maximum Gasteiger partial charge on any atom is 0.410 e. The van der Waals surface area contributed by atoms with Crippen LogP contribution in [0.2, 0.25) is 0 Å². The van der Waals surface area contributed by atoms with Gasteiger partial charge in [-0.2, -0.15) is 0 Å². The fraction of sp³-hybridized carbons (Fsp3) is 0.435. The molecule has 1 amide bonds. The summed E-state index contributed by atoms with van der Waals surface area (Å²) in [6, 6.07) is 9.70. The van der Waals surface area contributed by atoms with Crippen molar-refractivity contribution in [1.29, 1.82) is 0 Å². The van der Waals surface area contributed by atoms with Crippen LogP contribution in [0.5, 0.6) is 5.88 Å². The van der Waals surface area contributed by atoms with Gasteiger partial charge in [0.1, 0.15) is 6.61 Å². The lowest BCUT2D eigenvalue weighted by Gasteiger charge is -2.25. The molecule has 158 valence electrons. The summed E-state index contributed by atoms with van der Waals surface area (Å²) in [6.45, 7) is 4.22. The van der Waals surface area contributed by atoms with Crippen LogP contribution in [0, 0.1) is 5.92 Å². The van der Waals surface area contributed by atoms with Crippen molar-refractivity contribution in [3.63, 3.8) is 0 Å². The number of ether oxygens (including phenoxy) is 2. The topological polar surface area (TPSA) is 76.6 Å². The molecule has 1 aromatic carbocycles. The van der Waals surface area contributed by atoms with Crippen LogP contribution in [0.4, 0.5) is 4.79 Å². The third-order valence-corrected chi connectivity index (χ3v) is 5.56. The summed E-state index contributed by atoms with van der Waals surface area (Å²) < 4.78 is 11.2. The van der Waals surface area contributed by atoms with E-state index in [4.69, 9.17) is 9.47 Å². The van der Waals surface area contributed by atoms with Gasteiger partial charge in [-0.1, -0.05) is 36.4 Å². The monoisotopic (exact) mass is 408 g/mol. The normalized spacial score (nSPS) is 17.3. The SMILES string of the molecule is O=C(OCc1ccccc1)N1CC=C(c2cnc(OCC3CCNCC3)cn2)CC1. The van der Waals surface area contributed by atoms with Gasteiger partial charge >= 0.3 is 6.09 Å². The number of carbonyl (C=O) groups is 1. The number of hydrogen-bond acceptors (Lipinski definition) is 6. The highest BCUT2D eigenvalue weighted by molar-refractivity contribution is 5.71. The Hall–Kier alpha value is -2.93. The van der Waals surface area contributed by atoms with E-state index in [1.807, 2.05) is 36.4 Å². The molecular formula is C23H28N4O3. The Balaban J connectivity index is 1.25. The first-order valence-electron chi connectivity index (χ1n) is 10.6. The van der Waals surface area contributed by atoms with Crippen LogP contribution in [0.25, 0.3) is 5.57 Å². The molecular weight excluding hydrogens is 380 g/mol. The summed E-state index contributed by atoms with van der Waals surface area (Å²) in [6.07, 6.45) is 8.19. The van der Waals surface area contributed by atoms with Crippen molar-refractivity contribution >= 4 is 11.7 Å². The van der Waals surface area contributed by atoms with Gasteiger partial charge in [0.2, 0.25) is 5.88 Å². The Kier molecular flexibility index (Phi) is 6.92. The predicted octanol–water partition coefficient (Wildman–Crippen LogP) is 3.28. The highest BCUT2D eigenvalue weighted by atomic mass is 16.6. The first-order valence-corrected chi connectivity index (χ1v) is 10.6. The van der Waals surface area contributed by atoms with Crippen molar-refractivity contribution in [1.82, 2.24) is 20.2 Å². The van der Waals surface area contributed by atoms with Gasteiger partial charge in [0.25, 0.3) is 0 Å². The Morgan fingerprint density at radius 1 is 1.13 bits per heavy atom. The summed E-state index contributed by atoms with van der Waals surface area (Å²) in [7, 11) is 0. The second kappa shape index (κ2) is 10.2. The predicted molar refractivity (Wildman–Crippen MR) is 114 cm³/mol. The highest BCUT2D eigenvalue weighted by Crippen LogP contribution is 2.22. The van der Waals surface area contributed by atoms with E-state index in [0.29, 0.717) is 31.5 Å². The molecule has 2 aromatic rings. The Morgan fingerprint density at radius 2 is 1.97 bits per heavy atom. The molecule has 0 spiro atoms. The van der Waals surface area contributed by atoms with Gasteiger partial charge in [-0.3, -0.25) is 0 Å². The average molecular weight is 409 g/mol.